The first-order chi connectivity index (χ1) is 15.2. The van der Waals surface area contributed by atoms with Crippen LogP contribution >= 0.6 is 0 Å². The van der Waals surface area contributed by atoms with Gasteiger partial charge in [0.25, 0.3) is 11.4 Å². The summed E-state index contributed by atoms with van der Waals surface area (Å²) >= 11 is 0. The highest BCUT2D eigenvalue weighted by Crippen LogP contribution is 2.22. The quantitative estimate of drug-likeness (QED) is 0.251. The van der Waals surface area contributed by atoms with Gasteiger partial charge in [0.05, 0.1) is 22.3 Å². The maximum absolute atomic E-state index is 11.7. The van der Waals surface area contributed by atoms with Gasteiger partial charge in [0.2, 0.25) is 11.8 Å². The van der Waals surface area contributed by atoms with Gasteiger partial charge in [0.15, 0.2) is 0 Å². The zero-order valence-electron chi connectivity index (χ0n) is 16.2. The van der Waals surface area contributed by atoms with E-state index in [1.54, 1.807) is 0 Å². The van der Waals surface area contributed by atoms with E-state index >= 15 is 0 Å². The summed E-state index contributed by atoms with van der Waals surface area (Å²) < 4.78 is 0. The summed E-state index contributed by atoms with van der Waals surface area (Å²) in [6.07, 6.45) is 1.47. The minimum absolute atomic E-state index is 0.0102. The Morgan fingerprint density at radius 2 is 1.19 bits per heavy atom. The predicted molar refractivity (Wildman–Crippen MR) is 110 cm³/mol. The summed E-state index contributed by atoms with van der Waals surface area (Å²) in [5.74, 6) is -1.86. The Hall–Kier alpha value is -4.88. The van der Waals surface area contributed by atoms with Crippen LogP contribution in [0.1, 0.15) is 24.0 Å². The van der Waals surface area contributed by atoms with Crippen molar-refractivity contribution >= 4 is 35.6 Å². The number of phenols is 2. The van der Waals surface area contributed by atoms with Crippen LogP contribution in [0, 0.1) is 20.2 Å². The number of hydrogen-bond donors (Lipinski definition) is 4. The highest BCUT2D eigenvalue weighted by atomic mass is 16.6. The van der Waals surface area contributed by atoms with Crippen LogP contribution in [-0.4, -0.2) is 44.3 Å². The van der Waals surface area contributed by atoms with Crippen LogP contribution < -0.4 is 10.9 Å². The number of nitrogens with one attached hydrogen (secondary N) is 2. The summed E-state index contributed by atoms with van der Waals surface area (Å²) in [7, 11) is 0. The summed E-state index contributed by atoms with van der Waals surface area (Å²) in [6.45, 7) is 0. The molecule has 2 aromatic rings. The van der Waals surface area contributed by atoms with Crippen LogP contribution in [0.3, 0.4) is 0 Å². The van der Waals surface area contributed by atoms with Crippen molar-refractivity contribution in [2.45, 2.75) is 12.8 Å². The van der Waals surface area contributed by atoms with Gasteiger partial charge in [-0.25, -0.2) is 10.9 Å². The molecular formula is C18H16N6O8. The summed E-state index contributed by atoms with van der Waals surface area (Å²) in [6, 6.07) is 6.56. The average molecular weight is 444 g/mol. The zero-order valence-corrected chi connectivity index (χ0v) is 16.2. The van der Waals surface area contributed by atoms with E-state index in [-0.39, 0.29) is 46.8 Å². The lowest BCUT2D eigenvalue weighted by Gasteiger charge is -2.01. The molecule has 0 atom stereocenters. The topological polar surface area (TPSA) is 210 Å². The summed E-state index contributed by atoms with van der Waals surface area (Å²) in [5.41, 5.74) is 3.68. The van der Waals surface area contributed by atoms with Crippen LogP contribution in [0.15, 0.2) is 46.6 Å². The number of nitro benzene ring substituents is 2. The predicted octanol–water partition coefficient (Wildman–Crippen LogP) is 1.29. The molecule has 0 aliphatic rings. The molecule has 2 rings (SSSR count). The Balaban J connectivity index is 1.82. The van der Waals surface area contributed by atoms with E-state index in [1.807, 2.05) is 0 Å². The molecule has 4 N–H and O–H groups in total. The second-order valence-corrected chi connectivity index (χ2v) is 6.09. The molecule has 14 nitrogen and oxygen atoms in total. The first kappa shape index (κ1) is 23.4. The smallest absolute Gasteiger partial charge is 0.270 e. The maximum atomic E-state index is 11.7. The fourth-order valence-corrected chi connectivity index (χ4v) is 2.20. The number of carbonyl (C=O) groups excluding carboxylic acids is 2. The lowest BCUT2D eigenvalue weighted by Crippen LogP contribution is -2.22. The first-order valence-corrected chi connectivity index (χ1v) is 8.76. The molecule has 32 heavy (non-hydrogen) atoms. The van der Waals surface area contributed by atoms with Gasteiger partial charge in [-0.2, -0.15) is 10.2 Å². The molecule has 0 fully saturated rings. The number of nitrogens with zero attached hydrogens (tertiary/aromatic N) is 4. The zero-order chi connectivity index (χ0) is 23.7. The molecule has 0 radical (unpaired) electrons. The molecule has 0 heterocycles. The van der Waals surface area contributed by atoms with Crippen LogP contribution in [0.2, 0.25) is 0 Å². The Bertz CT molecular complexity index is 1030. The molecular weight excluding hydrogens is 428 g/mol. The third kappa shape index (κ3) is 6.87. The second kappa shape index (κ2) is 10.8. The molecule has 2 aromatic carbocycles. The fourth-order valence-electron chi connectivity index (χ4n) is 2.20. The molecule has 0 aromatic heterocycles. The van der Waals surface area contributed by atoms with Gasteiger partial charge in [-0.3, -0.25) is 29.8 Å². The summed E-state index contributed by atoms with van der Waals surface area (Å²) in [5, 5.41) is 47.9. The van der Waals surface area contributed by atoms with Crippen molar-refractivity contribution in [1.29, 1.82) is 0 Å². The molecule has 0 spiro atoms. The van der Waals surface area contributed by atoms with Crippen LogP contribution in [-0.2, 0) is 9.59 Å². The molecule has 14 heteroatoms. The lowest BCUT2D eigenvalue weighted by molar-refractivity contribution is -0.385. The number of aromatic hydroxyl groups is 2. The van der Waals surface area contributed by atoms with Gasteiger partial charge in [0, 0.05) is 48.2 Å². The Morgan fingerprint density at radius 1 is 0.812 bits per heavy atom. The Kier molecular flexibility index (Phi) is 7.88. The molecule has 2 amide bonds. The number of benzene rings is 2. The third-order valence-corrected chi connectivity index (χ3v) is 3.81. The van der Waals surface area contributed by atoms with E-state index in [0.29, 0.717) is 0 Å². The van der Waals surface area contributed by atoms with Crippen molar-refractivity contribution in [2.24, 2.45) is 10.2 Å². The SMILES string of the molecule is O=C(CCC(=O)N/N=C\c1cc([N+](=O)[O-])ccc1O)N/N=C\c1cc([N+](=O)[O-])ccc1O. The highest BCUT2D eigenvalue weighted by Gasteiger charge is 2.10. The van der Waals surface area contributed by atoms with Crippen molar-refractivity contribution in [3.63, 3.8) is 0 Å². The van der Waals surface area contributed by atoms with Crippen LogP contribution in [0.5, 0.6) is 11.5 Å². The van der Waals surface area contributed by atoms with Crippen molar-refractivity contribution in [3.8, 4) is 11.5 Å². The number of amides is 2. The third-order valence-electron chi connectivity index (χ3n) is 3.81. The number of rotatable bonds is 9. The average Bonchev–Trinajstić information content (AvgIpc) is 2.74. The van der Waals surface area contributed by atoms with Crippen molar-refractivity contribution in [2.75, 3.05) is 0 Å². The van der Waals surface area contributed by atoms with Crippen molar-refractivity contribution < 1.29 is 29.6 Å². The Labute approximate surface area is 179 Å². The molecule has 166 valence electrons. The standard InChI is InChI=1S/C18H16N6O8/c25-15-3-1-13(23(29)30)7-11(15)9-19-21-17(27)5-6-18(28)22-20-10-12-8-14(24(31)32)2-4-16(12)26/h1-4,7-10,25-26H,5-6H2,(H,21,27)(H,22,28)/b19-9-,20-10-. The van der Waals surface area contributed by atoms with E-state index in [2.05, 4.69) is 21.1 Å². The minimum Gasteiger partial charge on any atom is -0.507 e. The van der Waals surface area contributed by atoms with Gasteiger partial charge in [0.1, 0.15) is 11.5 Å². The van der Waals surface area contributed by atoms with Gasteiger partial charge in [-0.05, 0) is 12.1 Å². The van der Waals surface area contributed by atoms with Gasteiger partial charge >= 0.3 is 0 Å². The summed E-state index contributed by atoms with van der Waals surface area (Å²) in [4.78, 5) is 43.6. The molecule has 0 saturated heterocycles. The van der Waals surface area contributed by atoms with Crippen LogP contribution in [0.25, 0.3) is 0 Å². The number of hydrogen-bond acceptors (Lipinski definition) is 10. The Morgan fingerprint density at radius 3 is 1.53 bits per heavy atom. The molecule has 0 aliphatic carbocycles. The van der Waals surface area contributed by atoms with E-state index in [0.717, 1.165) is 48.8 Å². The first-order valence-electron chi connectivity index (χ1n) is 8.76. The molecule has 0 bridgehead atoms. The second-order valence-electron chi connectivity index (χ2n) is 6.09. The normalized spacial score (nSPS) is 10.9. The maximum Gasteiger partial charge on any atom is 0.270 e. The number of carbonyl (C=O) groups is 2. The molecule has 0 aliphatic heterocycles. The van der Waals surface area contributed by atoms with Gasteiger partial charge in [-0.1, -0.05) is 0 Å². The number of non-ortho nitro benzene ring substituents is 2. The van der Waals surface area contributed by atoms with E-state index in [1.165, 1.54) is 0 Å². The van der Waals surface area contributed by atoms with Crippen LogP contribution in [0.4, 0.5) is 11.4 Å². The minimum atomic E-state index is -0.656. The number of nitro groups is 2. The van der Waals surface area contributed by atoms with Crippen molar-refractivity contribution in [1.82, 2.24) is 10.9 Å². The number of hydrazone groups is 2. The monoisotopic (exact) mass is 444 g/mol. The largest absolute Gasteiger partial charge is 0.507 e. The van der Waals surface area contributed by atoms with E-state index in [4.69, 9.17) is 0 Å². The molecule has 0 unspecified atom stereocenters. The van der Waals surface area contributed by atoms with E-state index in [9.17, 15) is 40.0 Å². The number of phenolic OH excluding ortho intramolecular Hbond substituents is 2. The highest BCUT2D eigenvalue weighted by molar-refractivity contribution is 5.88. The van der Waals surface area contributed by atoms with Gasteiger partial charge < -0.3 is 10.2 Å². The molecule has 0 saturated carbocycles. The lowest BCUT2D eigenvalue weighted by atomic mass is 10.2. The van der Waals surface area contributed by atoms with Crippen molar-refractivity contribution in [3.05, 3.63) is 67.8 Å². The van der Waals surface area contributed by atoms with Gasteiger partial charge in [-0.15, -0.1) is 0 Å². The van der Waals surface area contributed by atoms with E-state index < -0.39 is 21.7 Å². The fraction of sp³-hybridized carbons (Fsp3) is 0.111.